The van der Waals surface area contributed by atoms with Crippen LogP contribution in [0, 0.1) is 39.4 Å². The lowest BCUT2D eigenvalue weighted by Gasteiger charge is -2.44. The minimum Gasteiger partial charge on any atom is -0.465 e. The van der Waals surface area contributed by atoms with E-state index >= 15 is 0 Å². The van der Waals surface area contributed by atoms with Crippen molar-refractivity contribution in [3.8, 4) is 0 Å². The molecule has 0 aromatic heterocycles. The number of hydrogen-bond donors (Lipinski definition) is 2. The zero-order valence-electron chi connectivity index (χ0n) is 23.9. The summed E-state index contributed by atoms with van der Waals surface area (Å²) in [6.07, 6.45) is 17.5. The van der Waals surface area contributed by atoms with E-state index in [0.29, 0.717) is 50.0 Å². The molecule has 0 amide bonds. The van der Waals surface area contributed by atoms with E-state index in [0.717, 1.165) is 31.3 Å². The number of nitrogens with zero attached hydrogens (tertiary/aromatic N) is 1. The molecule has 4 fully saturated rings. The molecule has 0 aromatic rings. The summed E-state index contributed by atoms with van der Waals surface area (Å²) < 4.78 is 5.45. The Balaban J connectivity index is 1.41. The Labute approximate surface area is 229 Å². The fourth-order valence-electron chi connectivity index (χ4n) is 7.69. The number of unbranched alkanes of at least 4 members (excludes halogenated alkanes) is 1. The molecule has 0 radical (unpaired) electrons. The van der Waals surface area contributed by atoms with E-state index in [1.54, 1.807) is 0 Å². The zero-order chi connectivity index (χ0) is 27.5. The van der Waals surface area contributed by atoms with E-state index in [2.05, 4.69) is 44.2 Å². The Kier molecular flexibility index (Phi) is 9.34. The summed E-state index contributed by atoms with van der Waals surface area (Å²) in [6, 6.07) is -0.341. The maximum absolute atomic E-state index is 12.6. The van der Waals surface area contributed by atoms with E-state index in [-0.39, 0.29) is 23.3 Å². The van der Waals surface area contributed by atoms with E-state index < -0.39 is 17.6 Å². The Bertz CT molecular complexity index is 949. The van der Waals surface area contributed by atoms with Crippen LogP contribution in [-0.4, -0.2) is 41.0 Å². The maximum Gasteiger partial charge on any atom is 0.315 e. The topological polar surface area (TPSA) is 96.2 Å². The minimum absolute atomic E-state index is 0.0829. The van der Waals surface area contributed by atoms with Crippen molar-refractivity contribution in [1.29, 1.82) is 0 Å². The second-order valence-corrected chi connectivity index (χ2v) is 13.0. The molecule has 6 heteroatoms. The second-order valence-electron chi connectivity index (χ2n) is 13.0. The number of esters is 1. The fraction of sp³-hybridized carbons (Fsp3) is 0.781. The third-order valence-electron chi connectivity index (χ3n) is 10.6. The van der Waals surface area contributed by atoms with Gasteiger partial charge in [-0.1, -0.05) is 74.7 Å². The molecule has 8 atom stereocenters. The van der Waals surface area contributed by atoms with E-state index in [1.165, 1.54) is 24.8 Å². The van der Waals surface area contributed by atoms with Crippen molar-refractivity contribution >= 4 is 5.97 Å². The highest BCUT2D eigenvalue weighted by Crippen LogP contribution is 2.59. The smallest absolute Gasteiger partial charge is 0.315 e. The molecule has 0 bridgehead atoms. The molecule has 4 rings (SSSR count). The van der Waals surface area contributed by atoms with Crippen LogP contribution < -0.4 is 0 Å². The van der Waals surface area contributed by atoms with Gasteiger partial charge in [0.25, 0.3) is 0 Å². The highest BCUT2D eigenvalue weighted by Gasteiger charge is 2.56. The number of aliphatic hydroxyl groups is 2. The minimum atomic E-state index is -0.782. The molecule has 38 heavy (non-hydrogen) atoms. The summed E-state index contributed by atoms with van der Waals surface area (Å²) in [5.74, 6) is 1.06. The van der Waals surface area contributed by atoms with Gasteiger partial charge in [-0.25, -0.2) is 0 Å². The van der Waals surface area contributed by atoms with Crippen LogP contribution in [0.4, 0.5) is 0 Å². The van der Waals surface area contributed by atoms with E-state index in [4.69, 9.17) is 4.74 Å². The largest absolute Gasteiger partial charge is 0.465 e. The van der Waals surface area contributed by atoms with Crippen LogP contribution >= 0.6 is 0 Å². The number of allylic oxidation sites excluding steroid dienone is 4. The monoisotopic (exact) mass is 527 g/mol. The van der Waals surface area contributed by atoms with Gasteiger partial charge in [0.2, 0.25) is 0 Å². The number of aliphatic hydroxyl groups excluding tert-OH is 2. The Morgan fingerprint density at radius 3 is 2.63 bits per heavy atom. The van der Waals surface area contributed by atoms with Crippen molar-refractivity contribution in [3.63, 3.8) is 0 Å². The van der Waals surface area contributed by atoms with Crippen LogP contribution in [0.15, 0.2) is 40.6 Å². The highest BCUT2D eigenvalue weighted by atomic mass is 16.5. The number of rotatable bonds is 10. The number of carbonyl (C=O) groups is 1. The normalized spacial score (nSPS) is 38.2. The molecule has 3 unspecified atom stereocenters. The van der Waals surface area contributed by atoms with Gasteiger partial charge < -0.3 is 14.9 Å². The lowest BCUT2D eigenvalue weighted by atomic mass is 9.61. The van der Waals surface area contributed by atoms with Gasteiger partial charge in [-0.15, -0.1) is 0 Å². The first kappa shape index (κ1) is 29.2. The molecule has 0 spiro atoms. The highest BCUT2D eigenvalue weighted by molar-refractivity contribution is 5.81. The summed E-state index contributed by atoms with van der Waals surface area (Å²) in [5.41, 5.74) is 2.10. The lowest BCUT2D eigenvalue weighted by molar-refractivity contribution is -0.153. The van der Waals surface area contributed by atoms with E-state index in [9.17, 15) is 19.9 Å². The molecule has 0 heterocycles. The van der Waals surface area contributed by atoms with Gasteiger partial charge in [-0.05, 0) is 87.4 Å². The molecule has 2 N–H and O–H groups in total. The third-order valence-corrected chi connectivity index (χ3v) is 10.6. The van der Waals surface area contributed by atoms with Crippen molar-refractivity contribution in [2.24, 2.45) is 39.7 Å². The average molecular weight is 528 g/mol. The van der Waals surface area contributed by atoms with Gasteiger partial charge in [0.1, 0.15) is 6.04 Å². The number of carbonyl (C=O) groups excluding carboxylic acids is 1. The third kappa shape index (κ3) is 5.86. The molecule has 4 saturated carbocycles. The number of nitroso groups, excluding NO2 is 1. The molecule has 4 aliphatic carbocycles. The van der Waals surface area contributed by atoms with E-state index in [1.807, 2.05) is 13.0 Å². The van der Waals surface area contributed by atoms with Crippen molar-refractivity contribution in [3.05, 3.63) is 40.4 Å². The van der Waals surface area contributed by atoms with Gasteiger partial charge in [0.05, 0.1) is 24.2 Å². The fourth-order valence-corrected chi connectivity index (χ4v) is 7.69. The van der Waals surface area contributed by atoms with Crippen molar-refractivity contribution in [1.82, 2.24) is 0 Å². The van der Waals surface area contributed by atoms with Gasteiger partial charge in [-0.3, -0.25) is 4.79 Å². The van der Waals surface area contributed by atoms with Crippen LogP contribution in [0.25, 0.3) is 0 Å². The molecule has 0 aromatic carbocycles. The SMILES string of the molecule is CCCCOC(=O)C1(C(O)/C=C/[C@H](C)[C@H]2CC[C@H]3/C(=C/C=C4\C[C@@H](O)C(C)[C@H](N=O)C4)CCCC23C)CC1. The van der Waals surface area contributed by atoms with Crippen molar-refractivity contribution in [2.75, 3.05) is 6.61 Å². The summed E-state index contributed by atoms with van der Waals surface area (Å²) in [5, 5.41) is 24.6. The quantitative estimate of drug-likeness (QED) is 0.143. The number of fused-ring (bicyclic) bond motifs is 1. The number of ether oxygens (including phenoxy) is 1. The summed E-state index contributed by atoms with van der Waals surface area (Å²) in [7, 11) is 0. The van der Waals surface area contributed by atoms with Crippen LogP contribution in [0.3, 0.4) is 0 Å². The van der Waals surface area contributed by atoms with Crippen molar-refractivity contribution < 1.29 is 19.7 Å². The van der Waals surface area contributed by atoms with Gasteiger partial charge >= 0.3 is 5.97 Å². The van der Waals surface area contributed by atoms with Crippen LogP contribution in [0.1, 0.15) is 98.3 Å². The average Bonchev–Trinajstić information content (AvgIpc) is 3.64. The molecule has 6 nitrogen and oxygen atoms in total. The molecule has 0 aliphatic heterocycles. The summed E-state index contributed by atoms with van der Waals surface area (Å²) in [6.45, 7) is 9.13. The lowest BCUT2D eigenvalue weighted by Crippen LogP contribution is -2.36. The van der Waals surface area contributed by atoms with Crippen LogP contribution in [-0.2, 0) is 9.53 Å². The van der Waals surface area contributed by atoms with Gasteiger partial charge in [0, 0.05) is 5.92 Å². The summed E-state index contributed by atoms with van der Waals surface area (Å²) in [4.78, 5) is 23.9. The Morgan fingerprint density at radius 1 is 1.18 bits per heavy atom. The first-order valence-corrected chi connectivity index (χ1v) is 15.1. The predicted octanol–water partition coefficient (Wildman–Crippen LogP) is 6.66. The standard InChI is InChI=1S/C32H49NO5/c1-5-6-18-38-30(36)32(16-17-32)29(35)14-9-21(2)25-12-13-26-24(8-7-15-31(25,26)4)11-10-23-19-27(33-37)22(3)28(34)20-23/h9-11,14,21-22,25-29,34-35H,5-8,12-13,15-20H2,1-4H3/b14-9+,23-10-,24-11+/t21-,22?,25+,26-,27+,28+,29?,31?/m0/s1. The van der Waals surface area contributed by atoms with Crippen LogP contribution in [0.2, 0.25) is 0 Å². The maximum atomic E-state index is 12.6. The molecular formula is C32H49NO5. The predicted molar refractivity (Wildman–Crippen MR) is 150 cm³/mol. The number of hydrogen-bond acceptors (Lipinski definition) is 6. The second kappa shape index (κ2) is 12.2. The molecular weight excluding hydrogens is 478 g/mol. The Hall–Kier alpha value is -1.79. The van der Waals surface area contributed by atoms with Crippen LogP contribution in [0.5, 0.6) is 0 Å². The first-order valence-electron chi connectivity index (χ1n) is 15.1. The molecule has 212 valence electrons. The molecule has 0 saturated heterocycles. The first-order chi connectivity index (χ1) is 18.2. The zero-order valence-corrected chi connectivity index (χ0v) is 23.9. The van der Waals surface area contributed by atoms with Crippen molar-refractivity contribution in [2.45, 2.75) is 117 Å². The molecule has 4 aliphatic rings. The Morgan fingerprint density at radius 2 is 1.95 bits per heavy atom. The van der Waals surface area contributed by atoms with Gasteiger partial charge in [0.15, 0.2) is 0 Å². The summed E-state index contributed by atoms with van der Waals surface area (Å²) >= 11 is 0. The van der Waals surface area contributed by atoms with Gasteiger partial charge in [-0.2, -0.15) is 4.91 Å².